The summed E-state index contributed by atoms with van der Waals surface area (Å²) in [5.74, 6) is -1.09. The summed E-state index contributed by atoms with van der Waals surface area (Å²) >= 11 is 0. The topological polar surface area (TPSA) is 90.9 Å². The lowest BCUT2D eigenvalue weighted by Gasteiger charge is -2.47. The molecule has 1 aliphatic rings. The van der Waals surface area contributed by atoms with Gasteiger partial charge >= 0.3 is 12.0 Å². The maximum atomic E-state index is 11.6. The summed E-state index contributed by atoms with van der Waals surface area (Å²) in [6, 6.07) is -0.364. The molecule has 0 radical (unpaired) electrons. The fourth-order valence-corrected chi connectivity index (χ4v) is 2.13. The Kier molecular flexibility index (Phi) is 5.56. The quantitative estimate of drug-likeness (QED) is 0.601. The highest BCUT2D eigenvalue weighted by Crippen LogP contribution is 2.35. The zero-order chi connectivity index (χ0) is 14.5. The number of amides is 2. The Balaban J connectivity index is 2.30. The maximum Gasteiger partial charge on any atom is 0.334 e. The summed E-state index contributed by atoms with van der Waals surface area (Å²) in [6.45, 7) is 0.517. The summed E-state index contributed by atoms with van der Waals surface area (Å²) in [6.07, 6.45) is 2.29. The molecule has 1 fully saturated rings. The number of urea groups is 1. The van der Waals surface area contributed by atoms with Gasteiger partial charge in [0, 0.05) is 19.2 Å². The molecule has 0 aliphatic heterocycles. The number of carboxylic acid groups (broad SMARTS) is 1. The maximum absolute atomic E-state index is 11.6. The van der Waals surface area contributed by atoms with Crippen LogP contribution in [0.4, 0.5) is 4.79 Å². The van der Waals surface area contributed by atoms with Crippen molar-refractivity contribution in [2.24, 2.45) is 0 Å². The number of likely N-dealkylation sites (N-methyl/N-ethyl adjacent to an activating group) is 1. The monoisotopic (exact) mass is 273 g/mol. The largest absolute Gasteiger partial charge is 0.479 e. The van der Waals surface area contributed by atoms with Crippen LogP contribution in [-0.2, 0) is 9.53 Å². The third-order valence-corrected chi connectivity index (χ3v) is 3.82. The Labute approximate surface area is 113 Å². The lowest BCUT2D eigenvalue weighted by molar-refractivity contribution is -0.147. The van der Waals surface area contributed by atoms with Crippen LogP contribution in [0.15, 0.2) is 0 Å². The number of hydrogen-bond donors (Lipinski definition) is 3. The van der Waals surface area contributed by atoms with Gasteiger partial charge < -0.3 is 25.4 Å². The van der Waals surface area contributed by atoms with Gasteiger partial charge in [-0.25, -0.2) is 9.59 Å². The number of hydrogen-bond acceptors (Lipinski definition) is 4. The minimum Gasteiger partial charge on any atom is -0.479 e. The van der Waals surface area contributed by atoms with Gasteiger partial charge in [0.05, 0.1) is 6.54 Å². The van der Waals surface area contributed by atoms with Crippen LogP contribution in [0.3, 0.4) is 0 Å². The highest BCUT2D eigenvalue weighted by atomic mass is 16.5. The second-order valence-electron chi connectivity index (χ2n) is 5.10. The Morgan fingerprint density at radius 2 is 2.00 bits per heavy atom. The second-order valence-corrected chi connectivity index (χ2v) is 5.10. The van der Waals surface area contributed by atoms with Crippen molar-refractivity contribution in [3.8, 4) is 0 Å². The number of carbonyl (C=O) groups is 2. The molecule has 0 spiro atoms. The van der Waals surface area contributed by atoms with Gasteiger partial charge in [-0.15, -0.1) is 0 Å². The van der Waals surface area contributed by atoms with Gasteiger partial charge in [0.25, 0.3) is 0 Å². The van der Waals surface area contributed by atoms with Crippen molar-refractivity contribution in [3.05, 3.63) is 0 Å². The van der Waals surface area contributed by atoms with Crippen molar-refractivity contribution in [1.29, 1.82) is 0 Å². The lowest BCUT2D eigenvalue weighted by Crippen LogP contribution is -2.58. The van der Waals surface area contributed by atoms with E-state index in [4.69, 9.17) is 9.84 Å². The van der Waals surface area contributed by atoms with E-state index in [9.17, 15) is 9.59 Å². The first-order chi connectivity index (χ1) is 8.91. The van der Waals surface area contributed by atoms with Gasteiger partial charge in [0.15, 0.2) is 6.10 Å². The molecule has 0 saturated heterocycles. The van der Waals surface area contributed by atoms with Gasteiger partial charge in [0.2, 0.25) is 0 Å². The number of methoxy groups -OCH3 is 1. The molecule has 1 rings (SSSR count). The van der Waals surface area contributed by atoms with Crippen molar-refractivity contribution in [1.82, 2.24) is 15.5 Å². The lowest BCUT2D eigenvalue weighted by atomic mass is 9.75. The number of carbonyl (C=O) groups excluding carboxylic acids is 1. The zero-order valence-electron chi connectivity index (χ0n) is 11.7. The fraction of sp³-hybridized carbons (Fsp3) is 0.833. The second kappa shape index (κ2) is 6.72. The molecule has 7 nitrogen and oxygen atoms in total. The van der Waals surface area contributed by atoms with E-state index >= 15 is 0 Å². The molecule has 3 N–H and O–H groups in total. The van der Waals surface area contributed by atoms with Gasteiger partial charge in [-0.2, -0.15) is 0 Å². The molecule has 1 saturated carbocycles. The first-order valence-electron chi connectivity index (χ1n) is 6.36. The number of nitrogens with one attached hydrogen (secondary N) is 2. The normalized spacial score (nSPS) is 18.5. The molecule has 19 heavy (non-hydrogen) atoms. The average molecular weight is 273 g/mol. The van der Waals surface area contributed by atoms with E-state index in [1.165, 1.54) is 13.5 Å². The third-order valence-electron chi connectivity index (χ3n) is 3.82. The van der Waals surface area contributed by atoms with Gasteiger partial charge in [-0.1, -0.05) is 0 Å². The molecule has 0 bridgehead atoms. The van der Waals surface area contributed by atoms with Crippen LogP contribution in [-0.4, -0.2) is 67.9 Å². The highest BCUT2D eigenvalue weighted by Gasteiger charge is 2.39. The van der Waals surface area contributed by atoms with E-state index in [0.717, 1.165) is 12.8 Å². The summed E-state index contributed by atoms with van der Waals surface area (Å²) in [5, 5.41) is 14.0. The van der Waals surface area contributed by atoms with Crippen LogP contribution in [0.5, 0.6) is 0 Å². The van der Waals surface area contributed by atoms with Crippen molar-refractivity contribution < 1.29 is 19.4 Å². The van der Waals surface area contributed by atoms with Crippen LogP contribution in [0.25, 0.3) is 0 Å². The third kappa shape index (κ3) is 4.07. The predicted octanol–water partition coefficient (Wildman–Crippen LogP) is -0.130. The van der Waals surface area contributed by atoms with Crippen LogP contribution in [0, 0.1) is 0 Å². The van der Waals surface area contributed by atoms with Crippen molar-refractivity contribution >= 4 is 12.0 Å². The number of rotatable bonds is 7. The van der Waals surface area contributed by atoms with Crippen molar-refractivity contribution in [3.63, 3.8) is 0 Å². The Bertz CT molecular complexity index is 329. The molecule has 0 aromatic heterocycles. The van der Waals surface area contributed by atoms with Crippen LogP contribution < -0.4 is 10.6 Å². The van der Waals surface area contributed by atoms with Crippen molar-refractivity contribution in [2.45, 2.75) is 30.9 Å². The molecular formula is C12H23N3O4. The molecule has 110 valence electrons. The predicted molar refractivity (Wildman–Crippen MR) is 70.1 cm³/mol. The van der Waals surface area contributed by atoms with Crippen LogP contribution in [0.1, 0.15) is 19.3 Å². The fourth-order valence-electron chi connectivity index (χ4n) is 2.13. The van der Waals surface area contributed by atoms with Gasteiger partial charge in [-0.05, 0) is 33.4 Å². The van der Waals surface area contributed by atoms with E-state index in [2.05, 4.69) is 15.5 Å². The summed E-state index contributed by atoms with van der Waals surface area (Å²) in [5.41, 5.74) is 0.0464. The molecular weight excluding hydrogens is 250 g/mol. The van der Waals surface area contributed by atoms with E-state index in [-0.39, 0.29) is 18.1 Å². The number of aliphatic carboxylic acids is 1. The SMILES string of the molecule is COC(CNC(=O)NCC1(N(C)C)CCC1)C(=O)O. The summed E-state index contributed by atoms with van der Waals surface area (Å²) in [4.78, 5) is 24.4. The minimum atomic E-state index is -1.09. The molecule has 0 aromatic carbocycles. The molecule has 1 aliphatic carbocycles. The first kappa shape index (κ1) is 15.7. The number of ether oxygens (including phenoxy) is 1. The standard InChI is InChI=1S/C12H23N3O4/c1-15(2)12(5-4-6-12)8-14-11(18)13-7-9(19-3)10(16)17/h9H,4-8H2,1-3H3,(H,16,17)(H2,13,14,18). The summed E-state index contributed by atoms with van der Waals surface area (Å²) in [7, 11) is 5.31. The van der Waals surface area contributed by atoms with E-state index in [0.29, 0.717) is 6.54 Å². The first-order valence-corrected chi connectivity index (χ1v) is 6.36. The average Bonchev–Trinajstić information content (AvgIpc) is 2.27. The van der Waals surface area contributed by atoms with Gasteiger partial charge in [0.1, 0.15) is 0 Å². The van der Waals surface area contributed by atoms with E-state index < -0.39 is 12.1 Å². The number of carboxylic acids is 1. The molecule has 2 amide bonds. The molecule has 1 atom stereocenters. The van der Waals surface area contributed by atoms with Crippen LogP contribution in [0.2, 0.25) is 0 Å². The Morgan fingerprint density at radius 3 is 2.37 bits per heavy atom. The van der Waals surface area contributed by atoms with Gasteiger partial charge in [-0.3, -0.25) is 0 Å². The number of nitrogens with zero attached hydrogens (tertiary/aromatic N) is 1. The summed E-state index contributed by atoms with van der Waals surface area (Å²) < 4.78 is 4.73. The molecule has 7 heteroatoms. The smallest absolute Gasteiger partial charge is 0.334 e. The van der Waals surface area contributed by atoms with Crippen LogP contribution >= 0.6 is 0 Å². The Morgan fingerprint density at radius 1 is 1.37 bits per heavy atom. The van der Waals surface area contributed by atoms with Crippen molar-refractivity contribution in [2.75, 3.05) is 34.3 Å². The minimum absolute atomic E-state index is 0.0464. The van der Waals surface area contributed by atoms with E-state index in [1.54, 1.807) is 0 Å². The molecule has 1 unspecified atom stereocenters. The molecule has 0 aromatic rings. The highest BCUT2D eigenvalue weighted by molar-refractivity contribution is 5.76. The zero-order valence-corrected chi connectivity index (χ0v) is 11.7. The molecule has 0 heterocycles. The van der Waals surface area contributed by atoms with E-state index in [1.807, 2.05) is 14.1 Å². The Hall–Kier alpha value is -1.34.